The van der Waals surface area contributed by atoms with Gasteiger partial charge in [-0.3, -0.25) is 4.79 Å². The van der Waals surface area contributed by atoms with Crippen LogP contribution < -0.4 is 14.8 Å². The van der Waals surface area contributed by atoms with E-state index in [2.05, 4.69) is 5.32 Å². The van der Waals surface area contributed by atoms with Crippen molar-refractivity contribution >= 4 is 11.6 Å². The number of carbonyl (C=O) groups is 1. The van der Waals surface area contributed by atoms with E-state index in [0.29, 0.717) is 24.0 Å². The van der Waals surface area contributed by atoms with E-state index in [1.807, 2.05) is 13.8 Å². The fourth-order valence-electron chi connectivity index (χ4n) is 2.16. The van der Waals surface area contributed by atoms with Crippen molar-refractivity contribution in [2.75, 3.05) is 19.0 Å². The Kier molecular flexibility index (Phi) is 6.13. The van der Waals surface area contributed by atoms with Gasteiger partial charge >= 0.3 is 6.18 Å². The second-order valence-electron chi connectivity index (χ2n) is 6.10. The molecule has 7 heteroatoms. The molecule has 0 spiro atoms. The molecular formula is C19H20F3NO3. The van der Waals surface area contributed by atoms with Gasteiger partial charge in [-0.15, -0.1) is 0 Å². The summed E-state index contributed by atoms with van der Waals surface area (Å²) in [4.78, 5) is 12.3. The SMILES string of the molecule is COc1cc(C(=O)Nc2cccc(C(F)(F)F)c2)ccc1OCC(C)C. The lowest BCUT2D eigenvalue weighted by molar-refractivity contribution is -0.137. The molecule has 0 saturated carbocycles. The van der Waals surface area contributed by atoms with Crippen LogP contribution in [0.4, 0.5) is 18.9 Å². The van der Waals surface area contributed by atoms with Gasteiger partial charge in [-0.1, -0.05) is 19.9 Å². The van der Waals surface area contributed by atoms with Crippen LogP contribution in [0.1, 0.15) is 29.8 Å². The molecule has 0 radical (unpaired) electrons. The van der Waals surface area contributed by atoms with E-state index >= 15 is 0 Å². The lowest BCUT2D eigenvalue weighted by atomic mass is 10.1. The minimum Gasteiger partial charge on any atom is -0.493 e. The van der Waals surface area contributed by atoms with Crippen LogP contribution in [0.15, 0.2) is 42.5 Å². The number of amides is 1. The molecule has 0 unspecified atom stereocenters. The molecule has 1 N–H and O–H groups in total. The lowest BCUT2D eigenvalue weighted by Crippen LogP contribution is -2.13. The molecule has 1 amide bonds. The van der Waals surface area contributed by atoms with Crippen LogP contribution in [0.5, 0.6) is 11.5 Å². The number of rotatable bonds is 6. The van der Waals surface area contributed by atoms with Crippen LogP contribution in [0.25, 0.3) is 0 Å². The van der Waals surface area contributed by atoms with Crippen molar-refractivity contribution in [2.24, 2.45) is 5.92 Å². The summed E-state index contributed by atoms with van der Waals surface area (Å²) in [6.07, 6.45) is -4.47. The second-order valence-corrected chi connectivity index (χ2v) is 6.10. The molecule has 0 aliphatic heterocycles. The molecule has 0 atom stereocenters. The highest BCUT2D eigenvalue weighted by atomic mass is 19.4. The van der Waals surface area contributed by atoms with Gasteiger partial charge in [0, 0.05) is 11.3 Å². The Bertz CT molecular complexity index is 773. The number of hydrogen-bond acceptors (Lipinski definition) is 3. The smallest absolute Gasteiger partial charge is 0.416 e. The highest BCUT2D eigenvalue weighted by Gasteiger charge is 2.30. The van der Waals surface area contributed by atoms with E-state index in [-0.39, 0.29) is 11.3 Å². The summed E-state index contributed by atoms with van der Waals surface area (Å²) >= 11 is 0. The summed E-state index contributed by atoms with van der Waals surface area (Å²) < 4.78 is 49.1. The molecule has 140 valence electrons. The zero-order chi connectivity index (χ0) is 19.3. The van der Waals surface area contributed by atoms with E-state index in [1.165, 1.54) is 31.4 Å². The molecule has 0 fully saturated rings. The van der Waals surface area contributed by atoms with Crippen molar-refractivity contribution in [3.63, 3.8) is 0 Å². The van der Waals surface area contributed by atoms with Gasteiger partial charge in [-0.25, -0.2) is 0 Å². The molecule has 0 aromatic heterocycles. The van der Waals surface area contributed by atoms with Crippen LogP contribution in [0, 0.1) is 5.92 Å². The number of methoxy groups -OCH3 is 1. The van der Waals surface area contributed by atoms with Crippen LogP contribution in [0.2, 0.25) is 0 Å². The minimum atomic E-state index is -4.47. The average molecular weight is 367 g/mol. The quantitative estimate of drug-likeness (QED) is 0.781. The molecule has 0 heterocycles. The first-order chi connectivity index (χ1) is 12.2. The first-order valence-corrected chi connectivity index (χ1v) is 8.00. The topological polar surface area (TPSA) is 47.6 Å². The molecular weight excluding hydrogens is 347 g/mol. The summed E-state index contributed by atoms with van der Waals surface area (Å²) in [5.74, 6) is 0.654. The molecule has 2 aromatic rings. The number of alkyl halides is 3. The van der Waals surface area contributed by atoms with Crippen molar-refractivity contribution in [1.29, 1.82) is 0 Å². The van der Waals surface area contributed by atoms with Crippen LogP contribution >= 0.6 is 0 Å². The predicted octanol–water partition coefficient (Wildman–Crippen LogP) is 5.00. The van der Waals surface area contributed by atoms with Gasteiger partial charge in [0.1, 0.15) is 0 Å². The zero-order valence-corrected chi connectivity index (χ0v) is 14.7. The average Bonchev–Trinajstić information content (AvgIpc) is 2.59. The van der Waals surface area contributed by atoms with Crippen molar-refractivity contribution < 1.29 is 27.4 Å². The molecule has 2 rings (SSSR count). The van der Waals surface area contributed by atoms with Gasteiger partial charge in [0.2, 0.25) is 0 Å². The summed E-state index contributed by atoms with van der Waals surface area (Å²) in [6, 6.07) is 9.07. The van der Waals surface area contributed by atoms with Gasteiger partial charge in [-0.05, 0) is 42.3 Å². The van der Waals surface area contributed by atoms with Crippen molar-refractivity contribution in [3.8, 4) is 11.5 Å². The van der Waals surface area contributed by atoms with E-state index in [4.69, 9.17) is 9.47 Å². The first kappa shape index (κ1) is 19.6. The summed E-state index contributed by atoms with van der Waals surface area (Å²) in [5.41, 5.74) is -0.523. The molecule has 0 bridgehead atoms. The van der Waals surface area contributed by atoms with Crippen molar-refractivity contribution in [3.05, 3.63) is 53.6 Å². The third-order valence-corrected chi connectivity index (χ3v) is 3.45. The second kappa shape index (κ2) is 8.12. The molecule has 0 aliphatic carbocycles. The third-order valence-electron chi connectivity index (χ3n) is 3.45. The highest BCUT2D eigenvalue weighted by Crippen LogP contribution is 2.31. The number of anilines is 1. The largest absolute Gasteiger partial charge is 0.493 e. The molecule has 2 aromatic carbocycles. The van der Waals surface area contributed by atoms with E-state index in [9.17, 15) is 18.0 Å². The molecule has 0 saturated heterocycles. The predicted molar refractivity (Wildman–Crippen MR) is 92.7 cm³/mol. The Morgan fingerprint density at radius 2 is 1.85 bits per heavy atom. The Morgan fingerprint density at radius 3 is 2.46 bits per heavy atom. The van der Waals surface area contributed by atoms with Crippen LogP contribution in [-0.4, -0.2) is 19.6 Å². The number of halogens is 3. The first-order valence-electron chi connectivity index (χ1n) is 8.00. The van der Waals surface area contributed by atoms with Gasteiger partial charge < -0.3 is 14.8 Å². The summed E-state index contributed by atoms with van der Waals surface area (Å²) in [6.45, 7) is 4.50. The highest BCUT2D eigenvalue weighted by molar-refractivity contribution is 6.04. The molecule has 26 heavy (non-hydrogen) atoms. The summed E-state index contributed by atoms with van der Waals surface area (Å²) in [7, 11) is 1.45. The molecule has 0 aliphatic rings. The Morgan fingerprint density at radius 1 is 1.12 bits per heavy atom. The van der Waals surface area contributed by atoms with Crippen LogP contribution in [-0.2, 0) is 6.18 Å². The van der Waals surface area contributed by atoms with Crippen molar-refractivity contribution in [2.45, 2.75) is 20.0 Å². The third kappa shape index (κ3) is 5.15. The number of hydrogen-bond donors (Lipinski definition) is 1. The van der Waals surface area contributed by atoms with Crippen LogP contribution in [0.3, 0.4) is 0 Å². The van der Waals surface area contributed by atoms with Gasteiger partial charge in [-0.2, -0.15) is 13.2 Å². The number of carbonyl (C=O) groups excluding carboxylic acids is 1. The number of benzene rings is 2. The maximum absolute atomic E-state index is 12.8. The summed E-state index contributed by atoms with van der Waals surface area (Å²) in [5, 5.41) is 2.46. The minimum absolute atomic E-state index is 0.0592. The van der Waals surface area contributed by atoms with E-state index in [1.54, 1.807) is 6.07 Å². The van der Waals surface area contributed by atoms with Gasteiger partial charge in [0.15, 0.2) is 11.5 Å². The van der Waals surface area contributed by atoms with Gasteiger partial charge in [0.25, 0.3) is 5.91 Å². The van der Waals surface area contributed by atoms with E-state index < -0.39 is 17.6 Å². The lowest BCUT2D eigenvalue weighted by Gasteiger charge is -2.14. The maximum atomic E-state index is 12.8. The zero-order valence-electron chi connectivity index (χ0n) is 14.7. The maximum Gasteiger partial charge on any atom is 0.416 e. The Balaban J connectivity index is 2.17. The van der Waals surface area contributed by atoms with Gasteiger partial charge in [0.05, 0.1) is 19.3 Å². The Hall–Kier alpha value is -2.70. The monoisotopic (exact) mass is 367 g/mol. The fourth-order valence-corrected chi connectivity index (χ4v) is 2.16. The fraction of sp³-hybridized carbons (Fsp3) is 0.316. The van der Waals surface area contributed by atoms with Crippen molar-refractivity contribution in [1.82, 2.24) is 0 Å². The number of nitrogens with one attached hydrogen (secondary N) is 1. The van der Waals surface area contributed by atoms with E-state index in [0.717, 1.165) is 12.1 Å². The normalized spacial score (nSPS) is 11.3. The Labute approximate surface area is 149 Å². The number of ether oxygens (including phenoxy) is 2. The molecule has 4 nitrogen and oxygen atoms in total. The standard InChI is InChI=1S/C19H20F3NO3/c1-12(2)11-26-16-8-7-13(9-17(16)25-3)18(24)23-15-6-4-5-14(10-15)19(20,21)22/h4-10,12H,11H2,1-3H3,(H,23,24).